The van der Waals surface area contributed by atoms with Gasteiger partial charge in [-0.2, -0.15) is 0 Å². The molecule has 19 heavy (non-hydrogen) atoms. The Morgan fingerprint density at radius 3 is 2.95 bits per heavy atom. The maximum atomic E-state index is 11.9. The highest BCUT2D eigenvalue weighted by Crippen LogP contribution is 2.23. The van der Waals surface area contributed by atoms with Crippen LogP contribution in [0.1, 0.15) is 24.2 Å². The first-order valence-electron chi connectivity index (χ1n) is 5.87. The van der Waals surface area contributed by atoms with Gasteiger partial charge in [-0.3, -0.25) is 9.79 Å². The van der Waals surface area contributed by atoms with Crippen LogP contribution in [-0.4, -0.2) is 34.5 Å². The molecule has 0 saturated carbocycles. The lowest BCUT2D eigenvalue weighted by atomic mass is 10.2. The van der Waals surface area contributed by atoms with Gasteiger partial charge in [-0.15, -0.1) is 0 Å². The zero-order chi connectivity index (χ0) is 13.8. The van der Waals surface area contributed by atoms with Crippen LogP contribution in [0.4, 0.5) is 0 Å². The molecule has 0 atom stereocenters. The second kappa shape index (κ2) is 6.25. The van der Waals surface area contributed by atoms with E-state index in [-0.39, 0.29) is 12.0 Å². The number of ether oxygens (including phenoxy) is 1. The third-order valence-corrected chi connectivity index (χ3v) is 3.38. The molecule has 0 aromatic carbocycles. The van der Waals surface area contributed by atoms with Crippen LogP contribution >= 0.6 is 23.4 Å². The van der Waals surface area contributed by atoms with Crippen molar-refractivity contribution in [3.8, 4) is 5.88 Å². The maximum absolute atomic E-state index is 11.9. The summed E-state index contributed by atoms with van der Waals surface area (Å²) in [6.07, 6.45) is 1.42. The van der Waals surface area contributed by atoms with E-state index in [1.807, 2.05) is 13.8 Å². The van der Waals surface area contributed by atoms with E-state index in [4.69, 9.17) is 16.3 Å². The smallest absolute Gasteiger partial charge is 0.258 e. The number of rotatable bonds is 3. The van der Waals surface area contributed by atoms with Gasteiger partial charge in [0.1, 0.15) is 5.02 Å². The van der Waals surface area contributed by atoms with Crippen LogP contribution in [-0.2, 0) is 0 Å². The lowest BCUT2D eigenvalue weighted by molar-refractivity contribution is 0.0977. The first-order valence-corrected chi connectivity index (χ1v) is 7.23. The van der Waals surface area contributed by atoms with Gasteiger partial charge in [0.05, 0.1) is 18.2 Å². The maximum Gasteiger partial charge on any atom is 0.258 e. The number of pyridine rings is 1. The molecule has 0 saturated heterocycles. The molecule has 1 aromatic heterocycles. The van der Waals surface area contributed by atoms with Crippen LogP contribution in [0.5, 0.6) is 5.88 Å². The lowest BCUT2D eigenvalue weighted by Gasteiger charge is -2.11. The SMILES string of the molecule is CC(C)Oc1ncc(C(=O)NC2=NCCS2)cc1Cl. The lowest BCUT2D eigenvalue weighted by Crippen LogP contribution is -2.27. The Bertz CT molecular complexity index is 520. The van der Waals surface area contributed by atoms with E-state index in [0.717, 1.165) is 12.3 Å². The summed E-state index contributed by atoms with van der Waals surface area (Å²) in [7, 11) is 0. The first kappa shape index (κ1) is 14.1. The molecule has 1 aliphatic rings. The summed E-state index contributed by atoms with van der Waals surface area (Å²) >= 11 is 7.55. The van der Waals surface area contributed by atoms with E-state index < -0.39 is 0 Å². The summed E-state index contributed by atoms with van der Waals surface area (Å²) in [5.74, 6) is 0.968. The van der Waals surface area contributed by atoms with Crippen LogP contribution in [0, 0.1) is 0 Å². The minimum atomic E-state index is -0.265. The predicted molar refractivity (Wildman–Crippen MR) is 77.2 cm³/mol. The minimum Gasteiger partial charge on any atom is -0.474 e. The number of nitrogens with one attached hydrogen (secondary N) is 1. The van der Waals surface area contributed by atoms with E-state index >= 15 is 0 Å². The number of aliphatic imine (C=N–C) groups is 1. The van der Waals surface area contributed by atoms with Gasteiger partial charge in [-0.25, -0.2) is 4.98 Å². The second-order valence-electron chi connectivity index (χ2n) is 4.17. The van der Waals surface area contributed by atoms with Gasteiger partial charge >= 0.3 is 0 Å². The summed E-state index contributed by atoms with van der Waals surface area (Å²) in [6.45, 7) is 4.50. The summed E-state index contributed by atoms with van der Waals surface area (Å²) in [5.41, 5.74) is 0.385. The fourth-order valence-corrected chi connectivity index (χ4v) is 2.37. The van der Waals surface area contributed by atoms with E-state index in [9.17, 15) is 4.79 Å². The van der Waals surface area contributed by atoms with E-state index in [1.165, 1.54) is 18.0 Å². The molecule has 1 aliphatic heterocycles. The van der Waals surface area contributed by atoms with Crippen molar-refractivity contribution in [1.82, 2.24) is 10.3 Å². The Morgan fingerprint density at radius 2 is 2.37 bits per heavy atom. The molecule has 1 N–H and O–H groups in total. The monoisotopic (exact) mass is 299 g/mol. The Labute approximate surface area is 120 Å². The average molecular weight is 300 g/mol. The highest BCUT2D eigenvalue weighted by Gasteiger charge is 2.15. The molecule has 1 aromatic rings. The zero-order valence-electron chi connectivity index (χ0n) is 10.6. The third kappa shape index (κ3) is 3.84. The Kier molecular flexibility index (Phi) is 4.66. The number of amides is 1. The molecule has 102 valence electrons. The van der Waals surface area contributed by atoms with Gasteiger partial charge in [0.2, 0.25) is 5.88 Å². The number of thioether (sulfide) groups is 1. The van der Waals surface area contributed by atoms with Crippen LogP contribution in [0.15, 0.2) is 17.3 Å². The number of amidine groups is 1. The largest absolute Gasteiger partial charge is 0.474 e. The number of halogens is 1. The molecular formula is C12H14ClN3O2S. The molecule has 0 spiro atoms. The van der Waals surface area contributed by atoms with Crippen LogP contribution in [0.2, 0.25) is 5.02 Å². The normalized spacial score (nSPS) is 14.4. The van der Waals surface area contributed by atoms with Crippen LogP contribution in [0.25, 0.3) is 0 Å². The third-order valence-electron chi connectivity index (χ3n) is 2.22. The van der Waals surface area contributed by atoms with Crippen LogP contribution < -0.4 is 10.1 Å². The molecule has 5 nitrogen and oxygen atoms in total. The van der Waals surface area contributed by atoms with E-state index in [0.29, 0.717) is 21.6 Å². The van der Waals surface area contributed by atoms with Crippen molar-refractivity contribution in [2.45, 2.75) is 20.0 Å². The summed E-state index contributed by atoms with van der Waals surface area (Å²) < 4.78 is 5.41. The molecule has 2 rings (SSSR count). The van der Waals surface area contributed by atoms with Crippen LogP contribution in [0.3, 0.4) is 0 Å². The number of aromatic nitrogens is 1. The summed E-state index contributed by atoms with van der Waals surface area (Å²) in [6, 6.07) is 1.54. The second-order valence-corrected chi connectivity index (χ2v) is 5.66. The van der Waals surface area contributed by atoms with Crippen molar-refractivity contribution in [3.05, 3.63) is 22.8 Å². The molecule has 0 unspecified atom stereocenters. The average Bonchev–Trinajstić information content (AvgIpc) is 2.84. The van der Waals surface area contributed by atoms with Gasteiger partial charge in [-0.05, 0) is 19.9 Å². The molecule has 0 fully saturated rings. The van der Waals surface area contributed by atoms with E-state index in [1.54, 1.807) is 6.07 Å². The number of nitrogens with zero attached hydrogens (tertiary/aromatic N) is 2. The fourth-order valence-electron chi connectivity index (χ4n) is 1.44. The van der Waals surface area contributed by atoms with Crippen molar-refractivity contribution in [3.63, 3.8) is 0 Å². The topological polar surface area (TPSA) is 63.6 Å². The van der Waals surface area contributed by atoms with Gasteiger partial charge in [0, 0.05) is 11.9 Å². The highest BCUT2D eigenvalue weighted by molar-refractivity contribution is 8.14. The zero-order valence-corrected chi connectivity index (χ0v) is 12.2. The molecule has 0 aliphatic carbocycles. The Morgan fingerprint density at radius 1 is 1.58 bits per heavy atom. The number of hydrogen-bond donors (Lipinski definition) is 1. The van der Waals surface area contributed by atoms with Gasteiger partial charge in [-0.1, -0.05) is 23.4 Å². The minimum absolute atomic E-state index is 0.0195. The van der Waals surface area contributed by atoms with Gasteiger partial charge < -0.3 is 10.1 Å². The number of carbonyl (C=O) groups is 1. The first-order chi connectivity index (χ1) is 9.06. The molecule has 0 bridgehead atoms. The number of hydrogen-bond acceptors (Lipinski definition) is 5. The standard InChI is InChI=1S/C12H14ClN3O2S/c1-7(2)18-11-9(13)5-8(6-15-11)10(17)16-12-14-3-4-19-12/h5-7H,3-4H2,1-2H3,(H,14,16,17). The highest BCUT2D eigenvalue weighted by atomic mass is 35.5. The number of carbonyl (C=O) groups excluding carboxylic acids is 1. The fraction of sp³-hybridized carbons (Fsp3) is 0.417. The summed E-state index contributed by atoms with van der Waals surface area (Å²) in [5, 5.41) is 3.68. The van der Waals surface area contributed by atoms with Crippen molar-refractivity contribution in [2.24, 2.45) is 4.99 Å². The summed E-state index contributed by atoms with van der Waals surface area (Å²) in [4.78, 5) is 20.1. The Balaban J connectivity index is 2.08. The van der Waals surface area contributed by atoms with Crippen molar-refractivity contribution in [1.29, 1.82) is 0 Å². The van der Waals surface area contributed by atoms with Crippen molar-refractivity contribution in [2.75, 3.05) is 12.3 Å². The van der Waals surface area contributed by atoms with Crippen molar-refractivity contribution >= 4 is 34.4 Å². The van der Waals surface area contributed by atoms with Gasteiger partial charge in [0.25, 0.3) is 5.91 Å². The molecule has 1 amide bonds. The predicted octanol–water partition coefficient (Wildman–Crippen LogP) is 2.35. The molecular weight excluding hydrogens is 286 g/mol. The van der Waals surface area contributed by atoms with Gasteiger partial charge in [0.15, 0.2) is 5.17 Å². The molecule has 2 heterocycles. The van der Waals surface area contributed by atoms with E-state index in [2.05, 4.69) is 15.3 Å². The molecule has 7 heteroatoms. The Hall–Kier alpha value is -1.27. The molecule has 0 radical (unpaired) electrons. The quantitative estimate of drug-likeness (QED) is 0.930. The van der Waals surface area contributed by atoms with Crippen molar-refractivity contribution < 1.29 is 9.53 Å².